The Morgan fingerprint density at radius 2 is 2.37 bits per heavy atom. The van der Waals surface area contributed by atoms with Gasteiger partial charge in [-0.05, 0) is 12.0 Å². The van der Waals surface area contributed by atoms with Crippen LogP contribution in [0.3, 0.4) is 0 Å². The number of nitrogens with zero attached hydrogens (tertiary/aromatic N) is 4. The lowest BCUT2D eigenvalue weighted by atomic mass is 9.76. The van der Waals surface area contributed by atoms with Crippen molar-refractivity contribution in [3.63, 3.8) is 0 Å². The fourth-order valence-electron chi connectivity index (χ4n) is 2.52. The highest BCUT2D eigenvalue weighted by atomic mass is 16.5. The topological polar surface area (TPSA) is 116 Å². The lowest BCUT2D eigenvalue weighted by molar-refractivity contribution is -0.148. The minimum absolute atomic E-state index is 0.0382. The molecule has 3 unspecified atom stereocenters. The lowest BCUT2D eigenvalue weighted by Crippen LogP contribution is -2.48. The molecule has 0 aromatic rings. The Balaban J connectivity index is 3.29. The average Bonchev–Trinajstić information content (AvgIpc) is 2.63. The Kier molecular flexibility index (Phi) is 4.39. The van der Waals surface area contributed by atoms with Crippen molar-refractivity contribution in [3.05, 3.63) is 23.1 Å². The Morgan fingerprint density at radius 3 is 2.79 bits per heavy atom. The van der Waals surface area contributed by atoms with Crippen molar-refractivity contribution in [1.29, 1.82) is 0 Å². The molecule has 0 aliphatic carbocycles. The van der Waals surface area contributed by atoms with Gasteiger partial charge in [0.2, 0.25) is 0 Å². The zero-order valence-electron chi connectivity index (χ0n) is 10.8. The molecule has 19 heavy (non-hydrogen) atoms. The Bertz CT molecular complexity index is 446. The van der Waals surface area contributed by atoms with Crippen LogP contribution >= 0.6 is 0 Å². The first-order valence-corrected chi connectivity index (χ1v) is 5.64. The number of esters is 1. The SMILES string of the molecule is C=CCC1(C)C(N=[N+]=[N-])CN(C(=O)O)C1C(=O)OC. The van der Waals surface area contributed by atoms with E-state index in [1.807, 2.05) is 0 Å². The molecule has 0 radical (unpaired) electrons. The molecule has 0 bridgehead atoms. The van der Waals surface area contributed by atoms with Crippen LogP contribution in [0.4, 0.5) is 4.79 Å². The second-order valence-electron chi connectivity index (χ2n) is 4.58. The van der Waals surface area contributed by atoms with E-state index in [9.17, 15) is 14.7 Å². The van der Waals surface area contributed by atoms with E-state index >= 15 is 0 Å². The summed E-state index contributed by atoms with van der Waals surface area (Å²) >= 11 is 0. The summed E-state index contributed by atoms with van der Waals surface area (Å²) in [6.07, 6.45) is 0.655. The number of ether oxygens (including phenoxy) is 1. The van der Waals surface area contributed by atoms with E-state index in [0.717, 1.165) is 4.90 Å². The van der Waals surface area contributed by atoms with E-state index in [1.165, 1.54) is 7.11 Å². The molecule has 0 aromatic heterocycles. The smallest absolute Gasteiger partial charge is 0.408 e. The van der Waals surface area contributed by atoms with Crippen LogP contribution in [-0.2, 0) is 9.53 Å². The van der Waals surface area contributed by atoms with Crippen molar-refractivity contribution >= 4 is 12.1 Å². The van der Waals surface area contributed by atoms with Gasteiger partial charge in [-0.2, -0.15) is 0 Å². The number of allylic oxidation sites excluding steroid dienone is 1. The van der Waals surface area contributed by atoms with Crippen LogP contribution in [0.1, 0.15) is 13.3 Å². The maximum absolute atomic E-state index is 11.9. The molecule has 1 N–H and O–H groups in total. The molecule has 1 rings (SSSR count). The predicted molar refractivity (Wildman–Crippen MR) is 66.4 cm³/mol. The van der Waals surface area contributed by atoms with Gasteiger partial charge in [-0.3, -0.25) is 4.90 Å². The summed E-state index contributed by atoms with van der Waals surface area (Å²) in [6.45, 7) is 5.26. The number of carbonyl (C=O) groups is 2. The standard InChI is InChI=1S/C11H16N4O4/c1-4-5-11(2)7(13-14-12)6-15(10(17)18)8(11)9(16)19-3/h4,7-8H,1,5-6H2,2-3H3,(H,17,18). The van der Waals surface area contributed by atoms with Crippen LogP contribution in [0.25, 0.3) is 10.4 Å². The van der Waals surface area contributed by atoms with E-state index in [1.54, 1.807) is 13.0 Å². The molecule has 1 heterocycles. The number of carbonyl (C=O) groups excluding carboxylic acids is 1. The summed E-state index contributed by atoms with van der Waals surface area (Å²) in [6, 6.07) is -1.65. The maximum atomic E-state index is 11.9. The van der Waals surface area contributed by atoms with Crippen molar-refractivity contribution in [2.75, 3.05) is 13.7 Å². The van der Waals surface area contributed by atoms with E-state index < -0.39 is 29.6 Å². The summed E-state index contributed by atoms with van der Waals surface area (Å²) < 4.78 is 4.67. The molecule has 1 amide bonds. The van der Waals surface area contributed by atoms with Crippen LogP contribution < -0.4 is 0 Å². The van der Waals surface area contributed by atoms with E-state index in [0.29, 0.717) is 6.42 Å². The van der Waals surface area contributed by atoms with Crippen molar-refractivity contribution in [1.82, 2.24) is 4.90 Å². The van der Waals surface area contributed by atoms with Gasteiger partial charge in [0.25, 0.3) is 0 Å². The van der Waals surface area contributed by atoms with Crippen molar-refractivity contribution < 1.29 is 19.4 Å². The molecule has 0 aromatic carbocycles. The van der Waals surface area contributed by atoms with Crippen LogP contribution in [0.2, 0.25) is 0 Å². The van der Waals surface area contributed by atoms with E-state index in [-0.39, 0.29) is 6.54 Å². The zero-order valence-corrected chi connectivity index (χ0v) is 10.8. The van der Waals surface area contributed by atoms with Gasteiger partial charge in [0.05, 0.1) is 13.2 Å². The third-order valence-electron chi connectivity index (χ3n) is 3.51. The lowest BCUT2D eigenvalue weighted by Gasteiger charge is -2.33. The van der Waals surface area contributed by atoms with Crippen LogP contribution in [0.5, 0.6) is 0 Å². The average molecular weight is 268 g/mol. The fourth-order valence-corrected chi connectivity index (χ4v) is 2.52. The molecule has 1 aliphatic heterocycles. The minimum atomic E-state index is -1.25. The number of azide groups is 1. The van der Waals surface area contributed by atoms with Gasteiger partial charge in [-0.15, -0.1) is 6.58 Å². The number of methoxy groups -OCH3 is 1. The molecule has 0 saturated carbocycles. The summed E-state index contributed by atoms with van der Waals surface area (Å²) in [7, 11) is 1.19. The minimum Gasteiger partial charge on any atom is -0.467 e. The van der Waals surface area contributed by atoms with Gasteiger partial charge in [-0.25, -0.2) is 9.59 Å². The molecule has 1 fully saturated rings. The Morgan fingerprint density at radius 1 is 1.74 bits per heavy atom. The largest absolute Gasteiger partial charge is 0.467 e. The van der Waals surface area contributed by atoms with Gasteiger partial charge in [0.1, 0.15) is 6.04 Å². The van der Waals surface area contributed by atoms with Gasteiger partial charge >= 0.3 is 12.1 Å². The van der Waals surface area contributed by atoms with Crippen molar-refractivity contribution in [3.8, 4) is 0 Å². The first-order valence-electron chi connectivity index (χ1n) is 5.64. The second-order valence-corrected chi connectivity index (χ2v) is 4.58. The molecule has 8 heteroatoms. The molecule has 104 valence electrons. The maximum Gasteiger partial charge on any atom is 0.408 e. The molecule has 0 spiro atoms. The van der Waals surface area contributed by atoms with Crippen molar-refractivity contribution in [2.45, 2.75) is 25.4 Å². The third-order valence-corrected chi connectivity index (χ3v) is 3.51. The summed E-state index contributed by atoms with van der Waals surface area (Å²) in [5.41, 5.74) is 7.72. The Hall–Kier alpha value is -2.21. The number of hydrogen-bond donors (Lipinski definition) is 1. The quantitative estimate of drug-likeness (QED) is 0.275. The van der Waals surface area contributed by atoms with Gasteiger partial charge in [-0.1, -0.05) is 18.1 Å². The first kappa shape index (κ1) is 14.8. The monoisotopic (exact) mass is 268 g/mol. The normalized spacial score (nSPS) is 29.5. The molecule has 1 saturated heterocycles. The molecular weight excluding hydrogens is 252 g/mol. The van der Waals surface area contributed by atoms with Gasteiger partial charge < -0.3 is 9.84 Å². The molecular formula is C11H16N4O4. The van der Waals surface area contributed by atoms with Crippen LogP contribution in [-0.4, -0.2) is 47.8 Å². The number of hydrogen-bond acceptors (Lipinski definition) is 4. The van der Waals surface area contributed by atoms with E-state index in [2.05, 4.69) is 21.3 Å². The fraction of sp³-hybridized carbons (Fsp3) is 0.636. The molecule has 3 atom stereocenters. The predicted octanol–water partition coefficient (Wildman–Crippen LogP) is 1.78. The second kappa shape index (κ2) is 5.62. The van der Waals surface area contributed by atoms with Gasteiger partial charge in [0, 0.05) is 16.9 Å². The number of carboxylic acid groups (broad SMARTS) is 1. The molecule has 1 aliphatic rings. The zero-order chi connectivity index (χ0) is 14.6. The summed E-state index contributed by atoms with van der Waals surface area (Å²) in [4.78, 5) is 26.8. The summed E-state index contributed by atoms with van der Waals surface area (Å²) in [5, 5.41) is 12.8. The van der Waals surface area contributed by atoms with Crippen LogP contribution in [0, 0.1) is 5.41 Å². The third kappa shape index (κ3) is 2.48. The highest BCUT2D eigenvalue weighted by molar-refractivity contribution is 5.83. The summed E-state index contributed by atoms with van der Waals surface area (Å²) in [5.74, 6) is -0.664. The van der Waals surface area contributed by atoms with Crippen molar-refractivity contribution in [2.24, 2.45) is 10.5 Å². The number of amides is 1. The van der Waals surface area contributed by atoms with Gasteiger partial charge in [0.15, 0.2) is 0 Å². The molecule has 8 nitrogen and oxygen atoms in total. The van der Waals surface area contributed by atoms with Crippen LogP contribution in [0.15, 0.2) is 17.8 Å². The first-order chi connectivity index (χ1) is 8.92. The number of rotatable bonds is 4. The highest BCUT2D eigenvalue weighted by Crippen LogP contribution is 2.42. The Labute approximate surface area is 110 Å². The number of likely N-dealkylation sites (tertiary alicyclic amines) is 1. The van der Waals surface area contributed by atoms with E-state index in [4.69, 9.17) is 5.53 Å². The highest BCUT2D eigenvalue weighted by Gasteiger charge is 2.55.